The fourth-order valence-electron chi connectivity index (χ4n) is 7.87. The molecule has 15 heteroatoms. The number of amides is 5. The largest absolute Gasteiger partial charge is 0.347 e. The topological polar surface area (TPSA) is 180 Å². The van der Waals surface area contributed by atoms with Crippen LogP contribution in [-0.4, -0.2) is 86.9 Å². The smallest absolute Gasteiger partial charge is 0.289 e. The van der Waals surface area contributed by atoms with Crippen molar-refractivity contribution in [2.24, 2.45) is 23.2 Å². The summed E-state index contributed by atoms with van der Waals surface area (Å²) < 4.78 is 0. The van der Waals surface area contributed by atoms with Crippen molar-refractivity contribution in [3.05, 3.63) is 24.3 Å². The van der Waals surface area contributed by atoms with E-state index in [1.54, 1.807) is 4.90 Å². The molecule has 1 saturated heterocycles. The molecule has 0 unspecified atom stereocenters. The lowest BCUT2D eigenvalue weighted by Gasteiger charge is -2.38. The Morgan fingerprint density at radius 3 is 2.09 bits per heavy atom. The average molecular weight is 796 g/mol. The van der Waals surface area contributed by atoms with Crippen LogP contribution >= 0.6 is 27.0 Å². The lowest BCUT2D eigenvalue weighted by Crippen LogP contribution is -2.62. The second-order valence-corrected chi connectivity index (χ2v) is 15.5. The number of hydrogen-bond donors (Lipinski definition) is 4. The van der Waals surface area contributed by atoms with Gasteiger partial charge in [-0.2, -0.15) is 27.0 Å². The van der Waals surface area contributed by atoms with Gasteiger partial charge in [-0.25, -0.2) is 4.98 Å². The number of carbonyl (C=O) groups is 6. The second-order valence-electron chi connectivity index (χ2n) is 15.5. The fraction of sp³-hybridized carbons (Fsp3) is 0.744. The highest BCUT2D eigenvalue weighted by molar-refractivity contribution is 7.59. The van der Waals surface area contributed by atoms with Crippen molar-refractivity contribution >= 4 is 62.3 Å². The number of hydrogen-bond acceptors (Lipinski definition) is 8. The minimum absolute atomic E-state index is 0. The summed E-state index contributed by atoms with van der Waals surface area (Å²) in [5.74, 6) is -3.20. The molecule has 5 amide bonds. The van der Waals surface area contributed by atoms with E-state index in [4.69, 9.17) is 0 Å². The van der Waals surface area contributed by atoms with E-state index in [2.05, 4.69) is 31.2 Å². The monoisotopic (exact) mass is 795 g/mol. The zero-order chi connectivity index (χ0) is 35.3. The molecule has 4 aliphatic rings. The van der Waals surface area contributed by atoms with Crippen LogP contribution in [0.15, 0.2) is 18.6 Å². The van der Waals surface area contributed by atoms with Crippen molar-refractivity contribution < 1.29 is 28.8 Å². The summed E-state index contributed by atoms with van der Waals surface area (Å²) in [4.78, 5) is 91.4. The van der Waals surface area contributed by atoms with Gasteiger partial charge in [0.15, 0.2) is 0 Å². The molecular formula is C39H69N7O6S2. The summed E-state index contributed by atoms with van der Waals surface area (Å²) in [5.41, 5.74) is -0.638. The first-order chi connectivity index (χ1) is 23.4. The third kappa shape index (κ3) is 12.4. The van der Waals surface area contributed by atoms with Gasteiger partial charge in [0.2, 0.25) is 23.5 Å². The minimum Gasteiger partial charge on any atom is -0.347 e. The predicted molar refractivity (Wildman–Crippen MR) is 222 cm³/mol. The van der Waals surface area contributed by atoms with E-state index in [-0.39, 0.29) is 84.7 Å². The molecule has 4 N–H and O–H groups in total. The van der Waals surface area contributed by atoms with Crippen molar-refractivity contribution in [1.29, 1.82) is 0 Å². The summed E-state index contributed by atoms with van der Waals surface area (Å²) in [5, 5.41) is 11.5. The first kappa shape index (κ1) is 50.8. The normalized spacial score (nSPS) is 22.0. The van der Waals surface area contributed by atoms with Crippen LogP contribution in [-0.2, 0) is 24.0 Å². The van der Waals surface area contributed by atoms with Gasteiger partial charge in [-0.1, -0.05) is 82.1 Å². The molecule has 5 rings (SSSR count). The van der Waals surface area contributed by atoms with Crippen LogP contribution in [0.2, 0.25) is 0 Å². The lowest BCUT2D eigenvalue weighted by atomic mass is 9.82. The van der Waals surface area contributed by atoms with Gasteiger partial charge < -0.3 is 26.2 Å². The zero-order valence-electron chi connectivity index (χ0n) is 30.3. The average Bonchev–Trinajstić information content (AvgIpc) is 3.65. The lowest BCUT2D eigenvalue weighted by molar-refractivity contribution is -0.146. The molecule has 0 spiro atoms. The molecule has 13 nitrogen and oxygen atoms in total. The number of likely N-dealkylation sites (tertiary alicyclic amines) is 1. The molecule has 4 fully saturated rings. The second kappa shape index (κ2) is 22.4. The molecular weight excluding hydrogens is 727 g/mol. The number of Topliss-reactive ketones (excluding diaryl/α,β-unsaturated/α-hetero) is 1. The van der Waals surface area contributed by atoms with Crippen LogP contribution in [0.1, 0.15) is 138 Å². The Labute approximate surface area is 337 Å². The maximum absolute atomic E-state index is 14.6. The summed E-state index contributed by atoms with van der Waals surface area (Å²) in [6.07, 6.45) is 13.9. The van der Waals surface area contributed by atoms with Crippen LogP contribution in [0.5, 0.6) is 0 Å². The van der Waals surface area contributed by atoms with E-state index >= 15 is 0 Å². The van der Waals surface area contributed by atoms with Gasteiger partial charge in [0, 0.05) is 25.0 Å². The van der Waals surface area contributed by atoms with Gasteiger partial charge in [0.05, 0.1) is 12.2 Å². The van der Waals surface area contributed by atoms with E-state index in [1.165, 1.54) is 18.6 Å². The van der Waals surface area contributed by atoms with Crippen molar-refractivity contribution in [2.45, 2.75) is 157 Å². The Morgan fingerprint density at radius 2 is 1.52 bits per heavy atom. The van der Waals surface area contributed by atoms with Crippen LogP contribution in [0, 0.1) is 23.2 Å². The van der Waals surface area contributed by atoms with E-state index in [9.17, 15) is 28.8 Å². The fourth-order valence-corrected chi connectivity index (χ4v) is 7.87. The highest BCUT2D eigenvalue weighted by atomic mass is 32.1. The Morgan fingerprint density at radius 1 is 0.852 bits per heavy atom. The van der Waals surface area contributed by atoms with Crippen LogP contribution in [0.25, 0.3) is 0 Å². The molecule has 1 aromatic heterocycles. The van der Waals surface area contributed by atoms with Crippen molar-refractivity contribution in [2.75, 3.05) is 6.54 Å². The molecule has 54 heavy (non-hydrogen) atoms. The summed E-state index contributed by atoms with van der Waals surface area (Å²) in [7, 11) is 0. The molecule has 6 atom stereocenters. The molecule has 2 heterocycles. The Kier molecular flexibility index (Phi) is 21.1. The maximum Gasteiger partial charge on any atom is 0.289 e. The van der Waals surface area contributed by atoms with Gasteiger partial charge in [-0.3, -0.25) is 33.8 Å². The number of aromatic nitrogens is 2. The van der Waals surface area contributed by atoms with Crippen molar-refractivity contribution in [3.8, 4) is 0 Å². The van der Waals surface area contributed by atoms with E-state index < -0.39 is 59.0 Å². The minimum atomic E-state index is -0.994. The number of fused-ring (bicyclic) bond motifs is 1. The van der Waals surface area contributed by atoms with E-state index in [1.807, 2.05) is 27.7 Å². The zero-order valence-corrected chi connectivity index (χ0v) is 32.3. The third-order valence-electron chi connectivity index (χ3n) is 10.7. The first-order valence-electron chi connectivity index (χ1n) is 18.2. The molecule has 1 aromatic rings. The van der Waals surface area contributed by atoms with Crippen molar-refractivity contribution in [3.63, 3.8) is 0 Å². The van der Waals surface area contributed by atoms with Gasteiger partial charge >= 0.3 is 0 Å². The van der Waals surface area contributed by atoms with E-state index in [0.29, 0.717) is 19.4 Å². The third-order valence-corrected chi connectivity index (χ3v) is 10.7. The van der Waals surface area contributed by atoms with E-state index in [0.717, 1.165) is 64.2 Å². The number of nitrogens with one attached hydrogen (secondary N) is 4. The number of ketones is 1. The van der Waals surface area contributed by atoms with Crippen LogP contribution in [0.4, 0.5) is 0 Å². The molecule has 0 bridgehead atoms. The SMILES string of the molecule is C.C.C.CCC[C@@H](NC(=O)[C@H]1[C@@H]2CCC[C@@H]2CN1C(=O)[C@H](NC(=O)[C@@H](NC(=O)c1cnccn1)C1CCCCC1)C(C)(C)C)C(=O)C(=O)NC1CC1.S.S. The number of carbonyl (C=O) groups excluding carboxylic acids is 6. The predicted octanol–water partition coefficient (Wildman–Crippen LogP) is 4.58. The van der Waals surface area contributed by atoms with Crippen molar-refractivity contribution in [1.82, 2.24) is 36.1 Å². The van der Waals surface area contributed by atoms with Crippen LogP contribution < -0.4 is 21.3 Å². The highest BCUT2D eigenvalue weighted by Gasteiger charge is 2.52. The van der Waals surface area contributed by atoms with Crippen LogP contribution in [0.3, 0.4) is 0 Å². The molecule has 1 aliphatic heterocycles. The highest BCUT2D eigenvalue weighted by Crippen LogP contribution is 2.43. The van der Waals surface area contributed by atoms with Gasteiger partial charge in [-0.05, 0) is 68.1 Å². The Bertz CT molecular complexity index is 1400. The summed E-state index contributed by atoms with van der Waals surface area (Å²) in [6, 6.07) is -3.68. The molecule has 308 valence electrons. The molecule has 0 aromatic carbocycles. The summed E-state index contributed by atoms with van der Waals surface area (Å²) in [6.45, 7) is 7.85. The number of rotatable bonds is 13. The van der Waals surface area contributed by atoms with Gasteiger partial charge in [-0.15, -0.1) is 0 Å². The maximum atomic E-state index is 14.6. The molecule has 0 radical (unpaired) electrons. The Hall–Kier alpha value is -3.20. The van der Waals surface area contributed by atoms with Gasteiger partial charge in [0.1, 0.15) is 23.8 Å². The van der Waals surface area contributed by atoms with Gasteiger partial charge in [0.25, 0.3) is 11.8 Å². The number of nitrogens with zero attached hydrogens (tertiary/aromatic N) is 3. The summed E-state index contributed by atoms with van der Waals surface area (Å²) >= 11 is 0. The standard InChI is InChI=1S/C36H53N7O6.3CH4.2H2S/c1-5-10-25(29(44)34(48)39-23-15-16-23)40-33(47)28-24-14-9-13-22(24)20-43(28)35(49)30(36(2,3)4)42-32(46)27(21-11-7-6-8-12-21)41-31(45)26-19-37-17-18-38-26;;;;;/h17-19,21-25,27-28,30H,5-16,20H2,1-4H3,(H,39,48)(H,40,47)(H,41,45)(H,42,46);3*1H4;2*1H2/t22-,24-,25-,27+,28-,30+;;;;;/m1...../s1. The molecule has 3 aliphatic carbocycles. The first-order valence-corrected chi connectivity index (χ1v) is 18.2. The molecule has 3 saturated carbocycles. The Balaban J connectivity index is 0.00000562. The quantitative estimate of drug-likeness (QED) is 0.210.